The van der Waals surface area contributed by atoms with Crippen LogP contribution in [0, 0.1) is 5.92 Å². The summed E-state index contributed by atoms with van der Waals surface area (Å²) in [6, 6.07) is 9.25. The van der Waals surface area contributed by atoms with E-state index in [1.165, 1.54) is 49.7 Å². The molecule has 1 rings (SSSR count). The lowest BCUT2D eigenvalue weighted by atomic mass is 9.97. The number of nitrogens with one attached hydrogen (secondary N) is 1. The molecule has 0 heterocycles. The van der Waals surface area contributed by atoms with Gasteiger partial charge in [-0.25, -0.2) is 0 Å². The van der Waals surface area contributed by atoms with Gasteiger partial charge in [0.05, 0.1) is 0 Å². The molecule has 0 saturated heterocycles. The average molecular weight is 247 g/mol. The first-order valence-electron chi connectivity index (χ1n) is 7.48. The van der Waals surface area contributed by atoms with Crippen molar-refractivity contribution in [1.29, 1.82) is 0 Å². The van der Waals surface area contributed by atoms with Crippen molar-refractivity contribution < 1.29 is 0 Å². The Hall–Kier alpha value is -0.820. The van der Waals surface area contributed by atoms with Crippen LogP contribution in [0.3, 0.4) is 0 Å². The molecule has 0 aliphatic rings. The topological polar surface area (TPSA) is 12.0 Å². The van der Waals surface area contributed by atoms with Gasteiger partial charge in [-0.1, -0.05) is 44.5 Å². The average Bonchev–Trinajstić information content (AvgIpc) is 2.41. The Bertz CT molecular complexity index is 302. The Balaban J connectivity index is 2.30. The molecule has 0 aliphatic heterocycles. The Labute approximate surface area is 113 Å². The molecule has 0 spiro atoms. The van der Waals surface area contributed by atoms with E-state index >= 15 is 0 Å². The number of unbranched alkanes of at least 4 members (excludes halogenated alkanes) is 1. The van der Waals surface area contributed by atoms with Crippen LogP contribution in [-0.4, -0.2) is 13.6 Å². The van der Waals surface area contributed by atoms with Crippen molar-refractivity contribution in [1.82, 2.24) is 5.32 Å². The smallest absolute Gasteiger partial charge is 0.00494 e. The van der Waals surface area contributed by atoms with Gasteiger partial charge < -0.3 is 5.32 Å². The van der Waals surface area contributed by atoms with Crippen molar-refractivity contribution in [3.8, 4) is 0 Å². The van der Waals surface area contributed by atoms with Gasteiger partial charge in [0.25, 0.3) is 0 Å². The molecule has 1 aromatic carbocycles. The molecule has 18 heavy (non-hydrogen) atoms. The van der Waals surface area contributed by atoms with Gasteiger partial charge in [0.2, 0.25) is 0 Å². The van der Waals surface area contributed by atoms with Crippen LogP contribution in [0.25, 0.3) is 0 Å². The maximum absolute atomic E-state index is 3.22. The van der Waals surface area contributed by atoms with Crippen molar-refractivity contribution in [3.63, 3.8) is 0 Å². The van der Waals surface area contributed by atoms with E-state index in [0.717, 1.165) is 12.5 Å². The van der Waals surface area contributed by atoms with Gasteiger partial charge in [0.15, 0.2) is 0 Å². The molecule has 1 atom stereocenters. The van der Waals surface area contributed by atoms with Crippen LogP contribution in [0.4, 0.5) is 0 Å². The third-order valence-corrected chi connectivity index (χ3v) is 3.65. The molecule has 1 heteroatoms. The predicted octanol–water partition coefficient (Wildman–Crippen LogP) is 4.21. The van der Waals surface area contributed by atoms with Gasteiger partial charge >= 0.3 is 0 Å². The first kappa shape index (κ1) is 15.2. The van der Waals surface area contributed by atoms with E-state index in [9.17, 15) is 0 Å². The van der Waals surface area contributed by atoms with Gasteiger partial charge in [-0.2, -0.15) is 0 Å². The largest absolute Gasteiger partial charge is 0.320 e. The lowest BCUT2D eigenvalue weighted by Gasteiger charge is -2.11. The fourth-order valence-electron chi connectivity index (χ4n) is 2.20. The summed E-state index contributed by atoms with van der Waals surface area (Å²) in [5.41, 5.74) is 2.98. The summed E-state index contributed by atoms with van der Waals surface area (Å²) < 4.78 is 0. The minimum absolute atomic E-state index is 0.817. The molecule has 1 N–H and O–H groups in total. The van der Waals surface area contributed by atoms with Crippen LogP contribution >= 0.6 is 0 Å². The Kier molecular flexibility index (Phi) is 7.75. The molecule has 0 amide bonds. The van der Waals surface area contributed by atoms with Crippen LogP contribution in [0.5, 0.6) is 0 Å². The van der Waals surface area contributed by atoms with E-state index in [-0.39, 0.29) is 0 Å². The third-order valence-electron chi connectivity index (χ3n) is 3.65. The number of hydrogen-bond acceptors (Lipinski definition) is 1. The minimum atomic E-state index is 0.817. The van der Waals surface area contributed by atoms with Crippen molar-refractivity contribution in [3.05, 3.63) is 35.4 Å². The lowest BCUT2D eigenvalue weighted by Crippen LogP contribution is -2.11. The number of hydrogen-bond donors (Lipinski definition) is 1. The molecular formula is C17H29N. The van der Waals surface area contributed by atoms with E-state index < -0.39 is 0 Å². The number of rotatable bonds is 9. The monoisotopic (exact) mass is 247 g/mol. The van der Waals surface area contributed by atoms with E-state index in [1.54, 1.807) is 0 Å². The van der Waals surface area contributed by atoms with Gasteiger partial charge in [0, 0.05) is 0 Å². The summed E-state index contributed by atoms with van der Waals surface area (Å²) >= 11 is 0. The fraction of sp³-hybridized carbons (Fsp3) is 0.647. The lowest BCUT2D eigenvalue weighted by molar-refractivity contribution is 0.482. The van der Waals surface area contributed by atoms with E-state index in [0.29, 0.717) is 0 Å². The highest BCUT2D eigenvalue weighted by Gasteiger charge is 2.02. The maximum Gasteiger partial charge on any atom is -0.00494 e. The maximum atomic E-state index is 3.22. The van der Waals surface area contributed by atoms with E-state index in [1.807, 2.05) is 7.05 Å². The molecule has 0 aliphatic carbocycles. The van der Waals surface area contributed by atoms with Crippen molar-refractivity contribution in [2.75, 3.05) is 13.6 Å². The van der Waals surface area contributed by atoms with Crippen LogP contribution in [0.1, 0.15) is 50.7 Å². The second-order valence-corrected chi connectivity index (χ2v) is 5.46. The molecule has 0 saturated carbocycles. The molecule has 1 unspecified atom stereocenters. The van der Waals surface area contributed by atoms with Gasteiger partial charge in [-0.3, -0.25) is 0 Å². The summed E-state index contributed by atoms with van der Waals surface area (Å²) in [4.78, 5) is 0. The Morgan fingerprint density at radius 3 is 2.17 bits per heavy atom. The quantitative estimate of drug-likeness (QED) is 0.689. The summed E-state index contributed by atoms with van der Waals surface area (Å²) in [6.45, 7) is 5.74. The third kappa shape index (κ3) is 6.20. The Morgan fingerprint density at radius 2 is 1.61 bits per heavy atom. The molecule has 0 aromatic heterocycles. The SMILES string of the molecule is CCCCc1ccc(CCC(C)CCNC)cc1. The van der Waals surface area contributed by atoms with E-state index in [4.69, 9.17) is 0 Å². The zero-order valence-electron chi connectivity index (χ0n) is 12.3. The molecular weight excluding hydrogens is 218 g/mol. The molecule has 0 bridgehead atoms. The fourth-order valence-corrected chi connectivity index (χ4v) is 2.20. The van der Waals surface area contributed by atoms with Gasteiger partial charge in [-0.05, 0) is 62.7 Å². The molecule has 1 nitrogen and oxygen atoms in total. The first-order chi connectivity index (χ1) is 8.76. The second kappa shape index (κ2) is 9.16. The predicted molar refractivity (Wildman–Crippen MR) is 81.1 cm³/mol. The van der Waals surface area contributed by atoms with E-state index in [2.05, 4.69) is 43.4 Å². The molecule has 0 radical (unpaired) electrons. The number of benzene rings is 1. The van der Waals surface area contributed by atoms with Crippen LogP contribution < -0.4 is 5.32 Å². The Morgan fingerprint density at radius 1 is 1.00 bits per heavy atom. The van der Waals surface area contributed by atoms with Gasteiger partial charge in [-0.15, -0.1) is 0 Å². The minimum Gasteiger partial charge on any atom is -0.320 e. The van der Waals surface area contributed by atoms with Crippen molar-refractivity contribution in [2.45, 2.75) is 52.4 Å². The standard InChI is InChI=1S/C17H29N/c1-4-5-6-16-9-11-17(12-10-16)8-7-15(2)13-14-18-3/h9-12,15,18H,4-8,13-14H2,1-3H3. The highest BCUT2D eigenvalue weighted by molar-refractivity contribution is 5.22. The van der Waals surface area contributed by atoms with Crippen LogP contribution in [-0.2, 0) is 12.8 Å². The zero-order chi connectivity index (χ0) is 13.2. The molecule has 0 fully saturated rings. The summed E-state index contributed by atoms with van der Waals surface area (Å²) in [5.74, 6) is 0.817. The van der Waals surface area contributed by atoms with Crippen LogP contribution in [0.15, 0.2) is 24.3 Å². The zero-order valence-corrected chi connectivity index (χ0v) is 12.3. The second-order valence-electron chi connectivity index (χ2n) is 5.46. The van der Waals surface area contributed by atoms with Crippen molar-refractivity contribution in [2.24, 2.45) is 5.92 Å². The summed E-state index contributed by atoms with van der Waals surface area (Å²) in [6.07, 6.45) is 7.63. The van der Waals surface area contributed by atoms with Crippen molar-refractivity contribution >= 4 is 0 Å². The normalized spacial score (nSPS) is 12.6. The number of aryl methyl sites for hydroxylation is 2. The van der Waals surface area contributed by atoms with Crippen LogP contribution in [0.2, 0.25) is 0 Å². The summed E-state index contributed by atoms with van der Waals surface area (Å²) in [5, 5.41) is 3.22. The summed E-state index contributed by atoms with van der Waals surface area (Å²) in [7, 11) is 2.03. The first-order valence-corrected chi connectivity index (χ1v) is 7.48. The highest BCUT2D eigenvalue weighted by atomic mass is 14.8. The van der Waals surface area contributed by atoms with Gasteiger partial charge in [0.1, 0.15) is 0 Å². The molecule has 1 aromatic rings. The highest BCUT2D eigenvalue weighted by Crippen LogP contribution is 2.14. The molecule has 102 valence electrons.